The van der Waals surface area contributed by atoms with E-state index in [0.717, 1.165) is 0 Å². The highest BCUT2D eigenvalue weighted by Crippen LogP contribution is 2.23. The standard InChI is InChI=1S/C22H25N3O5/c1-29-19-5-3-2-4-18(19)24-22(28)16-6-8-17(9-7-16)23-20(26)10-11-21(27)25-12-14-30-15-13-25/h2-9H,10-15H2,1H3,(H,23,26)(H,24,28). The highest BCUT2D eigenvalue weighted by molar-refractivity contribution is 6.05. The lowest BCUT2D eigenvalue weighted by molar-refractivity contribution is -0.136. The number of anilines is 2. The summed E-state index contributed by atoms with van der Waals surface area (Å²) in [6, 6.07) is 13.7. The zero-order valence-electron chi connectivity index (χ0n) is 16.8. The third-order valence-corrected chi connectivity index (χ3v) is 4.72. The summed E-state index contributed by atoms with van der Waals surface area (Å²) >= 11 is 0. The fourth-order valence-corrected chi connectivity index (χ4v) is 3.06. The first kappa shape index (κ1) is 21.3. The molecular formula is C22H25N3O5. The quantitative estimate of drug-likeness (QED) is 0.730. The summed E-state index contributed by atoms with van der Waals surface area (Å²) in [4.78, 5) is 38.4. The fourth-order valence-electron chi connectivity index (χ4n) is 3.06. The Morgan fingerprint density at radius 1 is 0.967 bits per heavy atom. The molecule has 1 heterocycles. The fraction of sp³-hybridized carbons (Fsp3) is 0.318. The van der Waals surface area contributed by atoms with Gasteiger partial charge in [-0.1, -0.05) is 12.1 Å². The molecule has 0 saturated carbocycles. The number of nitrogens with zero attached hydrogens (tertiary/aromatic N) is 1. The van der Waals surface area contributed by atoms with Gasteiger partial charge in [0.25, 0.3) is 5.91 Å². The van der Waals surface area contributed by atoms with Crippen LogP contribution in [0, 0.1) is 0 Å². The number of rotatable bonds is 7. The molecule has 0 bridgehead atoms. The van der Waals surface area contributed by atoms with Gasteiger partial charge < -0.3 is 25.0 Å². The van der Waals surface area contributed by atoms with Crippen molar-refractivity contribution in [3.05, 3.63) is 54.1 Å². The van der Waals surface area contributed by atoms with Crippen LogP contribution in [0.15, 0.2) is 48.5 Å². The van der Waals surface area contributed by atoms with E-state index in [-0.39, 0.29) is 30.6 Å². The van der Waals surface area contributed by atoms with E-state index >= 15 is 0 Å². The maximum absolute atomic E-state index is 12.4. The number of carbonyl (C=O) groups is 3. The Morgan fingerprint density at radius 3 is 2.37 bits per heavy atom. The molecule has 2 aromatic rings. The molecule has 0 unspecified atom stereocenters. The summed E-state index contributed by atoms with van der Waals surface area (Å²) in [6.07, 6.45) is 0.261. The van der Waals surface area contributed by atoms with Crippen LogP contribution in [0.1, 0.15) is 23.2 Å². The largest absolute Gasteiger partial charge is 0.495 e. The maximum atomic E-state index is 12.4. The molecule has 0 atom stereocenters. The Bertz CT molecular complexity index is 892. The number of methoxy groups -OCH3 is 1. The lowest BCUT2D eigenvalue weighted by Gasteiger charge is -2.26. The molecule has 3 rings (SSSR count). The van der Waals surface area contributed by atoms with E-state index in [2.05, 4.69) is 10.6 Å². The molecule has 3 amide bonds. The SMILES string of the molecule is COc1ccccc1NC(=O)c1ccc(NC(=O)CCC(=O)N2CCOCC2)cc1. The predicted molar refractivity (Wildman–Crippen MR) is 113 cm³/mol. The molecule has 8 nitrogen and oxygen atoms in total. The second-order valence-corrected chi connectivity index (χ2v) is 6.77. The molecule has 8 heteroatoms. The lowest BCUT2D eigenvalue weighted by Crippen LogP contribution is -2.40. The Balaban J connectivity index is 1.49. The van der Waals surface area contributed by atoms with Crippen LogP contribution in [0.5, 0.6) is 5.75 Å². The van der Waals surface area contributed by atoms with E-state index in [1.165, 1.54) is 7.11 Å². The molecule has 1 saturated heterocycles. The minimum Gasteiger partial charge on any atom is -0.495 e. The van der Waals surface area contributed by atoms with Crippen molar-refractivity contribution >= 4 is 29.1 Å². The van der Waals surface area contributed by atoms with Crippen LogP contribution in [0.4, 0.5) is 11.4 Å². The van der Waals surface area contributed by atoms with Gasteiger partial charge in [0.15, 0.2) is 0 Å². The van der Waals surface area contributed by atoms with Crippen molar-refractivity contribution in [2.45, 2.75) is 12.8 Å². The predicted octanol–water partition coefficient (Wildman–Crippen LogP) is 2.53. The van der Waals surface area contributed by atoms with Crippen molar-refractivity contribution < 1.29 is 23.9 Å². The van der Waals surface area contributed by atoms with E-state index < -0.39 is 0 Å². The number of carbonyl (C=O) groups excluding carboxylic acids is 3. The molecule has 0 radical (unpaired) electrons. The zero-order chi connectivity index (χ0) is 21.3. The van der Waals surface area contributed by atoms with Crippen LogP contribution in [-0.4, -0.2) is 56.0 Å². The smallest absolute Gasteiger partial charge is 0.255 e. The maximum Gasteiger partial charge on any atom is 0.255 e. The second-order valence-electron chi connectivity index (χ2n) is 6.77. The highest BCUT2D eigenvalue weighted by Gasteiger charge is 2.17. The molecular weight excluding hydrogens is 386 g/mol. The van der Waals surface area contributed by atoms with Gasteiger partial charge in [-0.05, 0) is 36.4 Å². The van der Waals surface area contributed by atoms with Crippen LogP contribution >= 0.6 is 0 Å². The van der Waals surface area contributed by atoms with E-state index in [9.17, 15) is 14.4 Å². The summed E-state index contributed by atoms with van der Waals surface area (Å²) in [5.74, 6) is -0.00511. The molecule has 0 aliphatic carbocycles. The van der Waals surface area contributed by atoms with E-state index in [4.69, 9.17) is 9.47 Å². The Labute approximate surface area is 175 Å². The summed E-state index contributed by atoms with van der Waals surface area (Å²) in [7, 11) is 1.54. The molecule has 2 aromatic carbocycles. The minimum atomic E-state index is -0.284. The molecule has 1 aliphatic rings. The van der Waals surface area contributed by atoms with Crippen molar-refractivity contribution in [3.8, 4) is 5.75 Å². The summed E-state index contributed by atoms with van der Waals surface area (Å²) in [5, 5.41) is 5.55. The number of ether oxygens (including phenoxy) is 2. The van der Waals surface area contributed by atoms with Crippen LogP contribution in [0.25, 0.3) is 0 Å². The second kappa shape index (κ2) is 10.4. The normalized spacial score (nSPS) is 13.4. The van der Waals surface area contributed by atoms with Crippen molar-refractivity contribution in [1.82, 2.24) is 4.90 Å². The molecule has 1 aliphatic heterocycles. The first-order valence-corrected chi connectivity index (χ1v) is 9.76. The third-order valence-electron chi connectivity index (χ3n) is 4.72. The van der Waals surface area contributed by atoms with Gasteiger partial charge in [-0.2, -0.15) is 0 Å². The average Bonchev–Trinajstić information content (AvgIpc) is 2.79. The highest BCUT2D eigenvalue weighted by atomic mass is 16.5. The van der Waals surface area contributed by atoms with E-state index in [1.54, 1.807) is 47.4 Å². The Morgan fingerprint density at radius 2 is 1.67 bits per heavy atom. The third kappa shape index (κ3) is 5.81. The van der Waals surface area contributed by atoms with Crippen molar-refractivity contribution in [3.63, 3.8) is 0 Å². The first-order chi connectivity index (χ1) is 14.6. The van der Waals surface area contributed by atoms with Gasteiger partial charge in [-0.3, -0.25) is 14.4 Å². The molecule has 30 heavy (non-hydrogen) atoms. The molecule has 158 valence electrons. The van der Waals surface area contributed by atoms with E-state index in [0.29, 0.717) is 49.0 Å². The summed E-state index contributed by atoms with van der Waals surface area (Å²) < 4.78 is 10.4. The molecule has 0 aromatic heterocycles. The minimum absolute atomic E-state index is 0.0446. The van der Waals surface area contributed by atoms with Crippen molar-refractivity contribution in [1.29, 1.82) is 0 Å². The van der Waals surface area contributed by atoms with Crippen LogP contribution in [-0.2, 0) is 14.3 Å². The zero-order valence-corrected chi connectivity index (χ0v) is 16.8. The number of para-hydroxylation sites is 2. The van der Waals surface area contributed by atoms with Gasteiger partial charge in [0.1, 0.15) is 5.75 Å². The molecule has 0 spiro atoms. The lowest BCUT2D eigenvalue weighted by atomic mass is 10.1. The van der Waals surface area contributed by atoms with Gasteiger partial charge in [-0.15, -0.1) is 0 Å². The summed E-state index contributed by atoms with van der Waals surface area (Å²) in [5.41, 5.74) is 1.58. The van der Waals surface area contributed by atoms with Gasteiger partial charge >= 0.3 is 0 Å². The van der Waals surface area contributed by atoms with Gasteiger partial charge in [0.05, 0.1) is 26.0 Å². The van der Waals surface area contributed by atoms with Gasteiger partial charge in [-0.25, -0.2) is 0 Å². The monoisotopic (exact) mass is 411 g/mol. The molecule has 1 fully saturated rings. The summed E-state index contributed by atoms with van der Waals surface area (Å²) in [6.45, 7) is 2.21. The Hall–Kier alpha value is -3.39. The van der Waals surface area contributed by atoms with Crippen molar-refractivity contribution in [2.75, 3.05) is 44.0 Å². The number of hydrogen-bond donors (Lipinski definition) is 2. The van der Waals surface area contributed by atoms with Crippen LogP contribution in [0.2, 0.25) is 0 Å². The number of hydrogen-bond acceptors (Lipinski definition) is 5. The van der Waals surface area contributed by atoms with Gasteiger partial charge in [0.2, 0.25) is 11.8 Å². The number of nitrogens with one attached hydrogen (secondary N) is 2. The molecule has 2 N–H and O–H groups in total. The van der Waals surface area contributed by atoms with Crippen LogP contribution < -0.4 is 15.4 Å². The van der Waals surface area contributed by atoms with Crippen molar-refractivity contribution in [2.24, 2.45) is 0 Å². The first-order valence-electron chi connectivity index (χ1n) is 9.76. The number of morpholine rings is 1. The number of amides is 3. The topological polar surface area (TPSA) is 97.0 Å². The number of benzene rings is 2. The Kier molecular flexibility index (Phi) is 7.40. The average molecular weight is 411 g/mol. The van der Waals surface area contributed by atoms with Gasteiger partial charge in [0, 0.05) is 37.2 Å². The van der Waals surface area contributed by atoms with Crippen LogP contribution in [0.3, 0.4) is 0 Å². The van der Waals surface area contributed by atoms with E-state index in [1.807, 2.05) is 6.07 Å².